The highest BCUT2D eigenvalue weighted by Crippen LogP contribution is 2.31. The monoisotopic (exact) mass is 261 g/mol. The van der Waals surface area contributed by atoms with Crippen molar-refractivity contribution in [3.8, 4) is 6.07 Å². The van der Waals surface area contributed by atoms with Crippen LogP contribution in [-0.4, -0.2) is 4.98 Å². The smallest absolute Gasteiger partial charge is 0.266 e. The summed E-state index contributed by atoms with van der Waals surface area (Å²) in [7, 11) is 0. The topological polar surface area (TPSA) is 62.7 Å². The van der Waals surface area contributed by atoms with Crippen molar-refractivity contribution in [1.29, 1.82) is 5.26 Å². The number of nitrogens with two attached hydrogens (primary N) is 1. The van der Waals surface area contributed by atoms with E-state index in [0.717, 1.165) is 6.20 Å². The standard InChI is InChI=1S/C8H6BrF2N3/c9-7-4(1-2-12)6(8(10)11)5(13)3-14-7/h3,8H,1,13H2. The number of hydrogen-bond acceptors (Lipinski definition) is 3. The van der Waals surface area contributed by atoms with Crippen LogP contribution in [0, 0.1) is 11.3 Å². The molecule has 0 fully saturated rings. The summed E-state index contributed by atoms with van der Waals surface area (Å²) in [5.74, 6) is 0. The predicted molar refractivity (Wildman–Crippen MR) is 50.6 cm³/mol. The zero-order chi connectivity index (χ0) is 10.7. The third kappa shape index (κ3) is 1.99. The first-order chi connectivity index (χ1) is 6.57. The molecule has 0 aliphatic rings. The third-order valence-electron chi connectivity index (χ3n) is 1.68. The summed E-state index contributed by atoms with van der Waals surface area (Å²) in [6.45, 7) is 0. The van der Waals surface area contributed by atoms with Crippen LogP contribution in [0.1, 0.15) is 17.6 Å². The Hall–Kier alpha value is -1.22. The Morgan fingerprint density at radius 1 is 1.64 bits per heavy atom. The van der Waals surface area contributed by atoms with E-state index in [1.54, 1.807) is 6.07 Å². The van der Waals surface area contributed by atoms with Crippen molar-refractivity contribution in [1.82, 2.24) is 4.98 Å². The molecule has 0 unspecified atom stereocenters. The number of nitriles is 1. The van der Waals surface area contributed by atoms with E-state index in [0.29, 0.717) is 0 Å². The van der Waals surface area contributed by atoms with Crippen LogP contribution in [0.2, 0.25) is 0 Å². The van der Waals surface area contributed by atoms with E-state index in [4.69, 9.17) is 11.0 Å². The first-order valence-corrected chi connectivity index (χ1v) is 4.45. The predicted octanol–water partition coefficient (Wildman–Crippen LogP) is 2.43. The van der Waals surface area contributed by atoms with Gasteiger partial charge in [-0.15, -0.1) is 0 Å². The lowest BCUT2D eigenvalue weighted by molar-refractivity contribution is 0.151. The molecular weight excluding hydrogens is 256 g/mol. The minimum Gasteiger partial charge on any atom is -0.397 e. The van der Waals surface area contributed by atoms with E-state index in [9.17, 15) is 8.78 Å². The number of nitrogen functional groups attached to an aromatic ring is 1. The quantitative estimate of drug-likeness (QED) is 0.832. The normalized spacial score (nSPS) is 10.2. The van der Waals surface area contributed by atoms with Gasteiger partial charge in [-0.1, -0.05) is 0 Å². The van der Waals surface area contributed by atoms with Gasteiger partial charge < -0.3 is 5.73 Å². The maximum atomic E-state index is 12.6. The molecule has 0 saturated carbocycles. The molecule has 0 aromatic carbocycles. The largest absolute Gasteiger partial charge is 0.397 e. The van der Waals surface area contributed by atoms with E-state index in [1.165, 1.54) is 0 Å². The number of hydrogen-bond donors (Lipinski definition) is 1. The molecule has 0 radical (unpaired) electrons. The van der Waals surface area contributed by atoms with Crippen LogP contribution >= 0.6 is 15.9 Å². The highest BCUT2D eigenvalue weighted by molar-refractivity contribution is 9.10. The minimum atomic E-state index is -2.70. The number of pyridine rings is 1. The summed E-state index contributed by atoms with van der Waals surface area (Å²) < 4.78 is 25.3. The molecule has 74 valence electrons. The fourth-order valence-corrected chi connectivity index (χ4v) is 1.52. The van der Waals surface area contributed by atoms with Crippen LogP contribution in [0.25, 0.3) is 0 Å². The number of anilines is 1. The Morgan fingerprint density at radius 2 is 2.29 bits per heavy atom. The molecule has 1 aromatic rings. The molecule has 3 nitrogen and oxygen atoms in total. The van der Waals surface area contributed by atoms with Gasteiger partial charge in [-0.3, -0.25) is 0 Å². The van der Waals surface area contributed by atoms with Gasteiger partial charge in [0.15, 0.2) is 0 Å². The number of nitrogens with zero attached hydrogens (tertiary/aromatic N) is 2. The van der Waals surface area contributed by atoms with Crippen LogP contribution in [0.4, 0.5) is 14.5 Å². The fourth-order valence-electron chi connectivity index (χ4n) is 1.06. The van der Waals surface area contributed by atoms with Gasteiger partial charge in [0, 0.05) is 11.1 Å². The average Bonchev–Trinajstić information content (AvgIpc) is 2.11. The van der Waals surface area contributed by atoms with Gasteiger partial charge in [0.1, 0.15) is 4.60 Å². The van der Waals surface area contributed by atoms with Crippen LogP contribution in [0.3, 0.4) is 0 Å². The molecule has 0 bridgehead atoms. The molecule has 0 aliphatic heterocycles. The SMILES string of the molecule is N#CCc1c(Br)ncc(N)c1C(F)F. The summed E-state index contributed by atoms with van der Waals surface area (Å²) in [5.41, 5.74) is 5.10. The lowest BCUT2D eigenvalue weighted by atomic mass is 10.1. The van der Waals surface area contributed by atoms with Crippen molar-refractivity contribution >= 4 is 21.6 Å². The molecule has 14 heavy (non-hydrogen) atoms. The van der Waals surface area contributed by atoms with Gasteiger partial charge in [0.2, 0.25) is 0 Å². The average molecular weight is 262 g/mol. The van der Waals surface area contributed by atoms with Crippen molar-refractivity contribution in [3.05, 3.63) is 21.9 Å². The van der Waals surface area contributed by atoms with Crippen LogP contribution in [-0.2, 0) is 6.42 Å². The maximum absolute atomic E-state index is 12.6. The summed E-state index contributed by atoms with van der Waals surface area (Å²) in [6.07, 6.45) is -1.69. The Morgan fingerprint density at radius 3 is 2.79 bits per heavy atom. The Bertz CT molecular complexity index is 387. The zero-order valence-corrected chi connectivity index (χ0v) is 8.55. The van der Waals surface area contributed by atoms with E-state index >= 15 is 0 Å². The van der Waals surface area contributed by atoms with Crippen LogP contribution < -0.4 is 5.73 Å². The summed E-state index contributed by atoms with van der Waals surface area (Å²) in [6, 6.07) is 1.79. The summed E-state index contributed by atoms with van der Waals surface area (Å²) >= 11 is 3.00. The lowest BCUT2D eigenvalue weighted by Gasteiger charge is -2.09. The molecule has 2 N–H and O–H groups in total. The minimum absolute atomic E-state index is 0.0894. The van der Waals surface area contributed by atoms with Gasteiger partial charge in [0.25, 0.3) is 6.43 Å². The molecule has 0 spiro atoms. The molecule has 1 rings (SSSR count). The summed E-state index contributed by atoms with van der Waals surface area (Å²) in [4.78, 5) is 3.75. The first kappa shape index (κ1) is 10.9. The van der Waals surface area contributed by atoms with E-state index in [-0.39, 0.29) is 27.8 Å². The lowest BCUT2D eigenvalue weighted by Crippen LogP contribution is -2.03. The number of rotatable bonds is 2. The van der Waals surface area contributed by atoms with Gasteiger partial charge in [0.05, 0.1) is 24.4 Å². The number of aromatic nitrogens is 1. The van der Waals surface area contributed by atoms with E-state index in [2.05, 4.69) is 20.9 Å². The van der Waals surface area contributed by atoms with Crippen molar-refractivity contribution in [2.75, 3.05) is 5.73 Å². The van der Waals surface area contributed by atoms with Gasteiger partial charge in [-0.2, -0.15) is 5.26 Å². The van der Waals surface area contributed by atoms with Gasteiger partial charge >= 0.3 is 0 Å². The number of alkyl halides is 2. The van der Waals surface area contributed by atoms with E-state index in [1.807, 2.05) is 0 Å². The highest BCUT2D eigenvalue weighted by Gasteiger charge is 2.19. The molecular formula is C8H6BrF2N3. The fraction of sp³-hybridized carbons (Fsp3) is 0.250. The Labute approximate surface area is 87.7 Å². The van der Waals surface area contributed by atoms with Crippen molar-refractivity contribution in [2.45, 2.75) is 12.8 Å². The Balaban J connectivity index is 3.35. The molecule has 6 heteroatoms. The van der Waals surface area contributed by atoms with E-state index < -0.39 is 6.43 Å². The zero-order valence-electron chi connectivity index (χ0n) is 6.97. The molecule has 1 heterocycles. The van der Waals surface area contributed by atoms with Crippen LogP contribution in [0.15, 0.2) is 10.8 Å². The summed E-state index contributed by atoms with van der Waals surface area (Å²) in [5, 5.41) is 8.46. The third-order valence-corrected chi connectivity index (χ3v) is 2.36. The van der Waals surface area contributed by atoms with Gasteiger partial charge in [-0.05, 0) is 15.9 Å². The second kappa shape index (κ2) is 4.33. The molecule has 0 atom stereocenters. The molecule has 0 amide bonds. The second-order valence-corrected chi connectivity index (χ2v) is 3.28. The second-order valence-electron chi connectivity index (χ2n) is 2.53. The Kier molecular flexibility index (Phi) is 3.36. The van der Waals surface area contributed by atoms with Crippen molar-refractivity contribution in [3.63, 3.8) is 0 Å². The molecule has 1 aromatic heterocycles. The number of halogens is 3. The van der Waals surface area contributed by atoms with Gasteiger partial charge in [-0.25, -0.2) is 13.8 Å². The highest BCUT2D eigenvalue weighted by atomic mass is 79.9. The van der Waals surface area contributed by atoms with Crippen molar-refractivity contribution in [2.24, 2.45) is 0 Å². The maximum Gasteiger partial charge on any atom is 0.266 e. The molecule has 0 aliphatic carbocycles. The molecule has 0 saturated heterocycles. The van der Waals surface area contributed by atoms with Crippen molar-refractivity contribution < 1.29 is 8.78 Å². The first-order valence-electron chi connectivity index (χ1n) is 3.65. The van der Waals surface area contributed by atoms with Crippen LogP contribution in [0.5, 0.6) is 0 Å².